The van der Waals surface area contributed by atoms with Gasteiger partial charge in [0.2, 0.25) is 0 Å². The molecule has 0 atom stereocenters. The summed E-state index contributed by atoms with van der Waals surface area (Å²) in [6, 6.07) is 5.83. The Balaban J connectivity index is 1.76. The molecule has 5 heteroatoms. The highest BCUT2D eigenvalue weighted by molar-refractivity contribution is 7.09. The Kier molecular flexibility index (Phi) is 4.27. The Bertz CT molecular complexity index is 694. The molecule has 3 rings (SSSR count). The van der Waals surface area contributed by atoms with E-state index in [2.05, 4.69) is 18.8 Å². The Hall–Kier alpha value is -1.72. The smallest absolute Gasteiger partial charge is 0.254 e. The fourth-order valence-electron chi connectivity index (χ4n) is 2.58. The monoisotopic (exact) mass is 316 g/mol. The van der Waals surface area contributed by atoms with Crippen LogP contribution in [0.1, 0.15) is 52.0 Å². The van der Waals surface area contributed by atoms with Crippen LogP contribution >= 0.6 is 11.3 Å². The lowest BCUT2D eigenvalue weighted by Gasteiger charge is -2.17. The van der Waals surface area contributed by atoms with E-state index in [1.165, 1.54) is 0 Å². The van der Waals surface area contributed by atoms with Gasteiger partial charge in [-0.1, -0.05) is 26.0 Å². The van der Waals surface area contributed by atoms with Crippen LogP contribution in [0.5, 0.6) is 0 Å². The molecule has 0 unspecified atom stereocenters. The molecule has 1 aliphatic heterocycles. The molecule has 2 heterocycles. The highest BCUT2D eigenvalue weighted by atomic mass is 32.1. The number of aromatic nitrogens is 1. The van der Waals surface area contributed by atoms with Crippen molar-refractivity contribution in [2.75, 3.05) is 7.05 Å². The molecule has 0 fully saturated rings. The third-order valence-electron chi connectivity index (χ3n) is 3.82. The molecule has 0 radical (unpaired) electrons. The van der Waals surface area contributed by atoms with Crippen molar-refractivity contribution in [3.8, 4) is 0 Å². The van der Waals surface area contributed by atoms with Crippen LogP contribution in [0.4, 0.5) is 0 Å². The first kappa shape index (κ1) is 15.2. The van der Waals surface area contributed by atoms with Crippen LogP contribution in [-0.2, 0) is 24.5 Å². The van der Waals surface area contributed by atoms with Crippen LogP contribution in [-0.4, -0.2) is 22.8 Å². The number of ether oxygens (including phenoxy) is 1. The van der Waals surface area contributed by atoms with Gasteiger partial charge >= 0.3 is 0 Å². The van der Waals surface area contributed by atoms with Gasteiger partial charge < -0.3 is 9.64 Å². The molecule has 1 amide bonds. The van der Waals surface area contributed by atoms with Crippen molar-refractivity contribution in [3.63, 3.8) is 0 Å². The van der Waals surface area contributed by atoms with Crippen LogP contribution in [0.2, 0.25) is 0 Å². The Morgan fingerprint density at radius 1 is 1.41 bits per heavy atom. The first-order valence-corrected chi connectivity index (χ1v) is 8.32. The van der Waals surface area contributed by atoms with Gasteiger partial charge in [0.05, 0.1) is 30.5 Å². The van der Waals surface area contributed by atoms with E-state index < -0.39 is 0 Å². The predicted octanol–water partition coefficient (Wildman–Crippen LogP) is 3.57. The first-order chi connectivity index (χ1) is 10.6. The second-order valence-corrected chi connectivity index (χ2v) is 6.82. The third kappa shape index (κ3) is 2.91. The lowest BCUT2D eigenvalue weighted by Crippen LogP contribution is -2.27. The van der Waals surface area contributed by atoms with Crippen molar-refractivity contribution in [2.24, 2.45) is 0 Å². The van der Waals surface area contributed by atoms with Crippen LogP contribution in [0.25, 0.3) is 0 Å². The predicted molar refractivity (Wildman–Crippen MR) is 86.9 cm³/mol. The standard InChI is InChI=1S/C17H20N2O2S/c1-11(2)16-18-13(10-22-16)7-19(3)17(20)14-6-4-5-12-8-21-9-15(12)14/h4-6,10-11H,7-9H2,1-3H3. The summed E-state index contributed by atoms with van der Waals surface area (Å²) in [5.41, 5.74) is 3.85. The zero-order valence-corrected chi connectivity index (χ0v) is 13.9. The van der Waals surface area contributed by atoms with E-state index >= 15 is 0 Å². The molecule has 0 saturated carbocycles. The number of amides is 1. The minimum Gasteiger partial charge on any atom is -0.372 e. The Morgan fingerprint density at radius 2 is 2.23 bits per heavy atom. The topological polar surface area (TPSA) is 42.4 Å². The fraction of sp³-hybridized carbons (Fsp3) is 0.412. The van der Waals surface area contributed by atoms with Crippen molar-refractivity contribution in [3.05, 3.63) is 51.0 Å². The molecule has 0 N–H and O–H groups in total. The van der Waals surface area contributed by atoms with Gasteiger partial charge in [0.25, 0.3) is 5.91 Å². The number of carbonyl (C=O) groups is 1. The summed E-state index contributed by atoms with van der Waals surface area (Å²) in [4.78, 5) is 19.0. The summed E-state index contributed by atoms with van der Waals surface area (Å²) in [6.07, 6.45) is 0. The maximum atomic E-state index is 12.7. The van der Waals surface area contributed by atoms with Crippen LogP contribution in [0.3, 0.4) is 0 Å². The molecule has 0 aliphatic carbocycles. The van der Waals surface area contributed by atoms with E-state index in [1.54, 1.807) is 16.2 Å². The van der Waals surface area contributed by atoms with Gasteiger partial charge in [-0.05, 0) is 17.2 Å². The number of thiazole rings is 1. The average Bonchev–Trinajstić information content (AvgIpc) is 3.14. The van der Waals surface area contributed by atoms with E-state index in [0.717, 1.165) is 27.4 Å². The van der Waals surface area contributed by atoms with E-state index in [4.69, 9.17) is 4.74 Å². The molecule has 0 saturated heterocycles. The molecular formula is C17H20N2O2S. The molecular weight excluding hydrogens is 296 g/mol. The number of rotatable bonds is 4. The van der Waals surface area contributed by atoms with Gasteiger partial charge in [0.15, 0.2) is 0 Å². The van der Waals surface area contributed by atoms with Crippen molar-refractivity contribution >= 4 is 17.2 Å². The van der Waals surface area contributed by atoms with Crippen LogP contribution < -0.4 is 0 Å². The summed E-state index contributed by atoms with van der Waals surface area (Å²) >= 11 is 1.66. The number of nitrogens with zero attached hydrogens (tertiary/aromatic N) is 2. The molecule has 2 aromatic rings. The molecule has 0 bridgehead atoms. The zero-order chi connectivity index (χ0) is 15.7. The average molecular weight is 316 g/mol. The quantitative estimate of drug-likeness (QED) is 0.866. The Morgan fingerprint density at radius 3 is 2.95 bits per heavy atom. The lowest BCUT2D eigenvalue weighted by atomic mass is 10.0. The highest BCUT2D eigenvalue weighted by Gasteiger charge is 2.22. The van der Waals surface area contributed by atoms with Crippen molar-refractivity contribution in [1.82, 2.24) is 9.88 Å². The number of carbonyl (C=O) groups excluding carboxylic acids is 1. The normalized spacial score (nSPS) is 13.5. The summed E-state index contributed by atoms with van der Waals surface area (Å²) in [5.74, 6) is 0.454. The SMILES string of the molecule is CC(C)c1nc(CN(C)C(=O)c2cccc3c2COC3)cs1. The van der Waals surface area contributed by atoms with E-state index in [1.807, 2.05) is 30.6 Å². The van der Waals surface area contributed by atoms with E-state index in [-0.39, 0.29) is 5.91 Å². The highest BCUT2D eigenvalue weighted by Crippen LogP contribution is 2.25. The number of benzene rings is 1. The van der Waals surface area contributed by atoms with Crippen molar-refractivity contribution in [2.45, 2.75) is 39.5 Å². The molecule has 1 aromatic heterocycles. The number of hydrogen-bond acceptors (Lipinski definition) is 4. The Labute approximate surface area is 134 Å². The van der Waals surface area contributed by atoms with Crippen molar-refractivity contribution in [1.29, 1.82) is 0 Å². The zero-order valence-electron chi connectivity index (χ0n) is 13.1. The minimum atomic E-state index is 0.0291. The minimum absolute atomic E-state index is 0.0291. The summed E-state index contributed by atoms with van der Waals surface area (Å²) in [6.45, 7) is 5.92. The van der Waals surface area contributed by atoms with Gasteiger partial charge in [0.1, 0.15) is 0 Å². The van der Waals surface area contributed by atoms with Crippen LogP contribution in [0.15, 0.2) is 23.6 Å². The molecule has 1 aliphatic rings. The van der Waals surface area contributed by atoms with Gasteiger partial charge in [-0.3, -0.25) is 4.79 Å². The molecule has 116 valence electrons. The van der Waals surface area contributed by atoms with Crippen LogP contribution in [0, 0.1) is 0 Å². The largest absolute Gasteiger partial charge is 0.372 e. The van der Waals surface area contributed by atoms with Crippen molar-refractivity contribution < 1.29 is 9.53 Å². The van der Waals surface area contributed by atoms with Gasteiger partial charge in [-0.25, -0.2) is 4.98 Å². The second-order valence-electron chi connectivity index (χ2n) is 5.93. The molecule has 4 nitrogen and oxygen atoms in total. The third-order valence-corrected chi connectivity index (χ3v) is 5.01. The first-order valence-electron chi connectivity index (χ1n) is 7.44. The van der Waals surface area contributed by atoms with Gasteiger partial charge in [-0.2, -0.15) is 0 Å². The summed E-state index contributed by atoms with van der Waals surface area (Å²) < 4.78 is 5.45. The maximum Gasteiger partial charge on any atom is 0.254 e. The molecule has 1 aromatic carbocycles. The lowest BCUT2D eigenvalue weighted by molar-refractivity contribution is 0.0779. The molecule has 22 heavy (non-hydrogen) atoms. The van der Waals surface area contributed by atoms with E-state index in [0.29, 0.717) is 25.7 Å². The number of fused-ring (bicyclic) bond motifs is 1. The number of hydrogen-bond donors (Lipinski definition) is 0. The summed E-state index contributed by atoms with van der Waals surface area (Å²) in [7, 11) is 1.83. The second kappa shape index (κ2) is 6.18. The van der Waals surface area contributed by atoms with E-state index in [9.17, 15) is 4.79 Å². The molecule has 0 spiro atoms. The van der Waals surface area contributed by atoms with Gasteiger partial charge in [0, 0.05) is 23.9 Å². The van der Waals surface area contributed by atoms with Gasteiger partial charge in [-0.15, -0.1) is 11.3 Å². The maximum absolute atomic E-state index is 12.7. The summed E-state index contributed by atoms with van der Waals surface area (Å²) in [5, 5.41) is 3.15. The fourth-order valence-corrected chi connectivity index (χ4v) is 3.41.